The minimum atomic E-state index is -0.766. The van der Waals surface area contributed by atoms with Crippen LogP contribution < -0.4 is 0 Å². The van der Waals surface area contributed by atoms with Gasteiger partial charge in [-0.1, -0.05) is 0 Å². The summed E-state index contributed by atoms with van der Waals surface area (Å²) in [5.41, 5.74) is 0.347. The lowest BCUT2D eigenvalue weighted by molar-refractivity contribution is -0.406. The van der Waals surface area contributed by atoms with Gasteiger partial charge in [0.1, 0.15) is 5.82 Å². The molecule has 0 aliphatic heterocycles. The molecule has 0 spiro atoms. The minimum Gasteiger partial charge on any atom is -0.381 e. The fraction of sp³-hybridized carbons (Fsp3) is 0. The van der Waals surface area contributed by atoms with Gasteiger partial charge in [0.15, 0.2) is 5.58 Å². The summed E-state index contributed by atoms with van der Waals surface area (Å²) < 4.78 is 17.2. The Bertz CT molecular complexity index is 480. The van der Waals surface area contributed by atoms with Gasteiger partial charge in [0.25, 0.3) is 0 Å². The summed E-state index contributed by atoms with van der Waals surface area (Å²) in [4.78, 5) is 13.0. The van der Waals surface area contributed by atoms with Crippen molar-refractivity contribution in [1.29, 1.82) is 0 Å². The van der Waals surface area contributed by atoms with Crippen molar-refractivity contribution in [2.75, 3.05) is 0 Å². The molecule has 6 heteroatoms. The molecule has 1 aromatic carbocycles. The Balaban J connectivity index is 2.68. The van der Waals surface area contributed by atoms with E-state index in [1.165, 1.54) is 6.07 Å². The monoisotopic (exact) mass is 182 g/mol. The van der Waals surface area contributed by atoms with E-state index in [1.54, 1.807) is 0 Å². The summed E-state index contributed by atoms with van der Waals surface area (Å²) in [6.45, 7) is 0. The first kappa shape index (κ1) is 7.66. The fourth-order valence-corrected chi connectivity index (χ4v) is 0.964. The van der Waals surface area contributed by atoms with E-state index in [4.69, 9.17) is 0 Å². The van der Waals surface area contributed by atoms with E-state index >= 15 is 0 Å². The molecular formula is C7H3FN2O3. The summed E-state index contributed by atoms with van der Waals surface area (Å²) in [7, 11) is 0. The van der Waals surface area contributed by atoms with Crippen molar-refractivity contribution < 1.29 is 13.7 Å². The maximum Gasteiger partial charge on any atom is 0.546 e. The van der Waals surface area contributed by atoms with Crippen LogP contribution in [0, 0.1) is 15.9 Å². The second-order valence-corrected chi connectivity index (χ2v) is 2.37. The highest BCUT2D eigenvalue weighted by atomic mass is 19.1. The highest BCUT2D eigenvalue weighted by molar-refractivity contribution is 5.73. The van der Waals surface area contributed by atoms with E-state index < -0.39 is 16.8 Å². The summed E-state index contributed by atoms with van der Waals surface area (Å²) in [6, 6.07) is 2.91. The Morgan fingerprint density at radius 3 is 3.00 bits per heavy atom. The molecule has 0 radical (unpaired) electrons. The van der Waals surface area contributed by atoms with E-state index in [0.29, 0.717) is 0 Å². The summed E-state index contributed by atoms with van der Waals surface area (Å²) in [5.74, 6) is -0.515. The van der Waals surface area contributed by atoms with Gasteiger partial charge in [-0.25, -0.2) is 4.39 Å². The molecule has 0 unspecified atom stereocenters. The van der Waals surface area contributed by atoms with E-state index in [2.05, 4.69) is 9.40 Å². The fourth-order valence-electron chi connectivity index (χ4n) is 0.964. The van der Waals surface area contributed by atoms with Crippen LogP contribution in [-0.2, 0) is 0 Å². The molecule has 2 aromatic rings. The van der Waals surface area contributed by atoms with Crippen LogP contribution in [0.15, 0.2) is 22.6 Å². The van der Waals surface area contributed by atoms with E-state index in [0.717, 1.165) is 12.1 Å². The zero-order valence-corrected chi connectivity index (χ0v) is 6.23. The zero-order valence-electron chi connectivity index (χ0n) is 6.23. The number of aromatic nitrogens is 1. The first-order valence-corrected chi connectivity index (χ1v) is 3.37. The van der Waals surface area contributed by atoms with Crippen LogP contribution in [0.1, 0.15) is 0 Å². The lowest BCUT2D eigenvalue weighted by atomic mass is 10.3. The van der Waals surface area contributed by atoms with Crippen molar-refractivity contribution in [2.45, 2.75) is 0 Å². The Labute approximate surface area is 70.9 Å². The Morgan fingerprint density at radius 1 is 1.54 bits per heavy atom. The Kier molecular flexibility index (Phi) is 1.48. The second-order valence-electron chi connectivity index (χ2n) is 2.37. The van der Waals surface area contributed by atoms with Gasteiger partial charge in [-0.3, -0.25) is 0 Å². The topological polar surface area (TPSA) is 69.2 Å². The molecule has 1 aromatic heterocycles. The first-order chi connectivity index (χ1) is 6.16. The molecule has 0 amide bonds. The molecule has 0 aliphatic rings. The maximum atomic E-state index is 12.6. The maximum absolute atomic E-state index is 12.6. The Morgan fingerprint density at radius 2 is 2.31 bits per heavy atom. The second kappa shape index (κ2) is 2.51. The predicted molar refractivity (Wildman–Crippen MR) is 40.6 cm³/mol. The smallest absolute Gasteiger partial charge is 0.381 e. The molecule has 0 N–H and O–H groups in total. The number of fused-ring (bicyclic) bond motifs is 1. The Hall–Kier alpha value is -1.98. The van der Waals surface area contributed by atoms with Gasteiger partial charge >= 0.3 is 6.01 Å². The van der Waals surface area contributed by atoms with Gasteiger partial charge in [0.2, 0.25) is 5.52 Å². The number of hydrogen-bond donors (Lipinski definition) is 0. The van der Waals surface area contributed by atoms with Gasteiger partial charge in [-0.15, -0.1) is 0 Å². The van der Waals surface area contributed by atoms with Gasteiger partial charge in [-0.2, -0.15) is 0 Å². The molecule has 0 fully saturated rings. The standard InChI is InChI=1S/C7H3FN2O3/c8-4-1-2-5-6(3-4)13-7(9-5)10(11)12/h1-3H. The molecule has 66 valence electrons. The van der Waals surface area contributed by atoms with Crippen molar-refractivity contribution in [2.24, 2.45) is 0 Å². The number of nitrogens with zero attached hydrogens (tertiary/aromatic N) is 2. The molecule has 0 atom stereocenters. The summed E-state index contributed by atoms with van der Waals surface area (Å²) in [6.07, 6.45) is 0. The van der Waals surface area contributed by atoms with Crippen LogP contribution in [0.3, 0.4) is 0 Å². The zero-order chi connectivity index (χ0) is 9.42. The van der Waals surface area contributed by atoms with Crippen LogP contribution in [-0.4, -0.2) is 9.91 Å². The molecule has 1 heterocycles. The van der Waals surface area contributed by atoms with Gasteiger partial charge < -0.3 is 14.5 Å². The summed E-state index contributed by atoms with van der Waals surface area (Å²) >= 11 is 0. The van der Waals surface area contributed by atoms with Crippen LogP contribution in [0.2, 0.25) is 0 Å². The van der Waals surface area contributed by atoms with Crippen molar-refractivity contribution in [3.8, 4) is 0 Å². The van der Waals surface area contributed by atoms with Gasteiger partial charge in [0.05, 0.1) is 0 Å². The highest BCUT2D eigenvalue weighted by Gasteiger charge is 2.17. The molecular weight excluding hydrogens is 179 g/mol. The molecule has 0 aliphatic carbocycles. The number of nitro groups is 1. The predicted octanol–water partition coefficient (Wildman–Crippen LogP) is 1.88. The van der Waals surface area contributed by atoms with E-state index in [1.807, 2.05) is 0 Å². The minimum absolute atomic E-state index is 0.0756. The molecule has 0 saturated carbocycles. The normalized spacial score (nSPS) is 10.5. The van der Waals surface area contributed by atoms with Crippen molar-refractivity contribution in [3.05, 3.63) is 34.1 Å². The average molecular weight is 182 g/mol. The lowest BCUT2D eigenvalue weighted by Gasteiger charge is -1.82. The van der Waals surface area contributed by atoms with Crippen molar-refractivity contribution >= 4 is 17.1 Å². The van der Waals surface area contributed by atoms with Crippen molar-refractivity contribution in [1.82, 2.24) is 4.98 Å². The quantitative estimate of drug-likeness (QED) is 0.498. The number of rotatable bonds is 1. The van der Waals surface area contributed by atoms with Crippen LogP contribution in [0.25, 0.3) is 11.1 Å². The molecule has 0 bridgehead atoms. The number of oxazole rings is 1. The molecule has 5 nitrogen and oxygen atoms in total. The highest BCUT2D eigenvalue weighted by Crippen LogP contribution is 2.20. The van der Waals surface area contributed by atoms with E-state index in [-0.39, 0.29) is 11.1 Å². The third-order valence-corrected chi connectivity index (χ3v) is 1.50. The third kappa shape index (κ3) is 1.22. The van der Waals surface area contributed by atoms with Gasteiger partial charge in [0, 0.05) is 16.0 Å². The van der Waals surface area contributed by atoms with E-state index in [9.17, 15) is 14.5 Å². The van der Waals surface area contributed by atoms with Crippen LogP contribution in [0.5, 0.6) is 0 Å². The third-order valence-electron chi connectivity index (χ3n) is 1.50. The largest absolute Gasteiger partial charge is 0.546 e. The summed E-state index contributed by atoms with van der Waals surface area (Å²) in [5, 5.41) is 10.2. The first-order valence-electron chi connectivity index (χ1n) is 3.37. The number of hydrogen-bond acceptors (Lipinski definition) is 4. The molecule has 2 rings (SSSR count). The van der Waals surface area contributed by atoms with Crippen LogP contribution in [0.4, 0.5) is 10.4 Å². The average Bonchev–Trinajstić information content (AvgIpc) is 2.46. The SMILES string of the molecule is O=[N+]([O-])c1nc2ccc(F)cc2o1. The van der Waals surface area contributed by atoms with Gasteiger partial charge in [-0.05, 0) is 12.1 Å². The van der Waals surface area contributed by atoms with Crippen molar-refractivity contribution in [3.63, 3.8) is 0 Å². The van der Waals surface area contributed by atoms with Crippen LogP contribution >= 0.6 is 0 Å². The number of halogens is 1. The molecule has 13 heavy (non-hydrogen) atoms. The lowest BCUT2D eigenvalue weighted by Crippen LogP contribution is -1.85. The molecule has 0 saturated heterocycles. The number of benzene rings is 1.